The lowest BCUT2D eigenvalue weighted by Crippen LogP contribution is -2.16. The molecule has 31 heavy (non-hydrogen) atoms. The number of hydrogen-bond donors (Lipinski definition) is 1. The molecule has 1 N–H and O–H groups in total. The van der Waals surface area contributed by atoms with Crippen molar-refractivity contribution >= 4 is 39.1 Å². The van der Waals surface area contributed by atoms with Crippen LogP contribution in [0.5, 0.6) is 17.2 Å². The minimum absolute atomic E-state index is 0.155. The predicted molar refractivity (Wildman–Crippen MR) is 120 cm³/mol. The lowest BCUT2D eigenvalue weighted by molar-refractivity contribution is -0.114. The average molecular weight is 442 g/mol. The number of methoxy groups -OCH3 is 3. The van der Waals surface area contributed by atoms with E-state index in [9.17, 15) is 9.59 Å². The summed E-state index contributed by atoms with van der Waals surface area (Å²) in [5, 5.41) is 2.76. The van der Waals surface area contributed by atoms with Crippen molar-refractivity contribution in [2.75, 3.05) is 26.6 Å². The summed E-state index contributed by atoms with van der Waals surface area (Å²) in [6.07, 6.45) is 1.73. The summed E-state index contributed by atoms with van der Waals surface area (Å²) in [5.41, 5.74) is 1.86. The van der Waals surface area contributed by atoms with E-state index in [1.54, 1.807) is 24.3 Å². The molecule has 0 radical (unpaired) electrons. The number of fused-ring (bicyclic) bond motifs is 1. The number of thiazole rings is 1. The molecule has 0 aliphatic heterocycles. The first kappa shape index (κ1) is 22.1. The van der Waals surface area contributed by atoms with E-state index in [2.05, 4.69) is 16.9 Å². The number of carbonyl (C=O) groups excluding carboxylic acids is 2. The number of ether oxygens (including phenoxy) is 3. The molecule has 2 aromatic carbocycles. The molecule has 1 aromatic heterocycles. The molecule has 3 rings (SSSR count). The van der Waals surface area contributed by atoms with Crippen molar-refractivity contribution < 1.29 is 23.8 Å². The monoisotopic (exact) mass is 441 g/mol. The van der Waals surface area contributed by atoms with E-state index in [0.29, 0.717) is 39.8 Å². The first-order chi connectivity index (χ1) is 14.9. The maximum absolute atomic E-state index is 13.0. The Bertz CT molecular complexity index is 1200. The van der Waals surface area contributed by atoms with Crippen LogP contribution in [-0.2, 0) is 11.3 Å². The summed E-state index contributed by atoms with van der Waals surface area (Å²) in [6, 6.07) is 8.66. The van der Waals surface area contributed by atoms with Gasteiger partial charge in [-0.2, -0.15) is 4.99 Å². The molecule has 2 amide bonds. The fraction of sp³-hybridized carbons (Fsp3) is 0.227. The molecule has 0 spiro atoms. The zero-order valence-corrected chi connectivity index (χ0v) is 18.5. The van der Waals surface area contributed by atoms with Gasteiger partial charge < -0.3 is 24.1 Å². The highest BCUT2D eigenvalue weighted by Gasteiger charge is 2.17. The molecule has 3 aromatic rings. The first-order valence-electron chi connectivity index (χ1n) is 9.32. The smallest absolute Gasteiger partial charge is 0.279 e. The Hall–Kier alpha value is -3.59. The maximum atomic E-state index is 13.0. The quantitative estimate of drug-likeness (QED) is 0.566. The molecule has 0 saturated heterocycles. The number of aromatic nitrogens is 1. The summed E-state index contributed by atoms with van der Waals surface area (Å²) in [6.45, 7) is 5.72. The molecule has 8 nitrogen and oxygen atoms in total. The summed E-state index contributed by atoms with van der Waals surface area (Å²) in [4.78, 5) is 29.2. The van der Waals surface area contributed by atoms with Crippen LogP contribution in [0.3, 0.4) is 0 Å². The Morgan fingerprint density at radius 3 is 2.35 bits per heavy atom. The van der Waals surface area contributed by atoms with Gasteiger partial charge in [0.1, 0.15) is 0 Å². The van der Waals surface area contributed by atoms with Crippen molar-refractivity contribution in [1.82, 2.24) is 4.57 Å². The van der Waals surface area contributed by atoms with Crippen LogP contribution in [0.4, 0.5) is 5.69 Å². The average Bonchev–Trinajstić information content (AvgIpc) is 3.08. The summed E-state index contributed by atoms with van der Waals surface area (Å²) < 4.78 is 18.7. The fourth-order valence-corrected chi connectivity index (χ4v) is 4.18. The van der Waals surface area contributed by atoms with Crippen LogP contribution in [-0.4, -0.2) is 37.7 Å². The van der Waals surface area contributed by atoms with Crippen molar-refractivity contribution in [3.8, 4) is 17.2 Å². The topological polar surface area (TPSA) is 91.2 Å². The normalized spacial score (nSPS) is 11.3. The molecular weight excluding hydrogens is 418 g/mol. The third-order valence-electron chi connectivity index (χ3n) is 4.42. The molecule has 0 atom stereocenters. The highest BCUT2D eigenvalue weighted by Crippen LogP contribution is 2.38. The van der Waals surface area contributed by atoms with Crippen molar-refractivity contribution in [3.63, 3.8) is 0 Å². The van der Waals surface area contributed by atoms with E-state index < -0.39 is 5.91 Å². The third kappa shape index (κ3) is 4.61. The number of anilines is 1. The first-order valence-corrected chi connectivity index (χ1v) is 10.1. The predicted octanol–water partition coefficient (Wildman–Crippen LogP) is 3.61. The summed E-state index contributed by atoms with van der Waals surface area (Å²) in [5.74, 6) is 0.532. The van der Waals surface area contributed by atoms with Crippen molar-refractivity contribution in [1.29, 1.82) is 0 Å². The number of nitrogens with zero attached hydrogens (tertiary/aromatic N) is 2. The number of allylic oxidation sites excluding steroid dienone is 1. The molecule has 0 unspecified atom stereocenters. The molecular formula is C22H23N3O5S. The van der Waals surface area contributed by atoms with Crippen LogP contribution in [0.1, 0.15) is 17.3 Å². The number of rotatable bonds is 7. The van der Waals surface area contributed by atoms with E-state index in [1.807, 2.05) is 16.7 Å². The van der Waals surface area contributed by atoms with Gasteiger partial charge in [-0.1, -0.05) is 17.4 Å². The van der Waals surface area contributed by atoms with Crippen molar-refractivity contribution in [3.05, 3.63) is 53.4 Å². The van der Waals surface area contributed by atoms with E-state index in [1.165, 1.54) is 39.6 Å². The second-order valence-electron chi connectivity index (χ2n) is 6.48. The zero-order valence-electron chi connectivity index (χ0n) is 17.7. The summed E-state index contributed by atoms with van der Waals surface area (Å²) in [7, 11) is 4.47. The van der Waals surface area contributed by atoms with Crippen molar-refractivity contribution in [2.24, 2.45) is 4.99 Å². The van der Waals surface area contributed by atoms with Crippen LogP contribution in [0.25, 0.3) is 10.2 Å². The molecule has 162 valence electrons. The Kier molecular flexibility index (Phi) is 6.76. The molecule has 0 saturated carbocycles. The maximum Gasteiger partial charge on any atom is 0.279 e. The summed E-state index contributed by atoms with van der Waals surface area (Å²) >= 11 is 1.34. The number of hydrogen-bond acceptors (Lipinski definition) is 6. The van der Waals surface area contributed by atoms with Gasteiger partial charge in [0.15, 0.2) is 16.3 Å². The number of nitrogens with one attached hydrogen (secondary N) is 1. The minimum Gasteiger partial charge on any atom is -0.493 e. The number of amides is 2. The van der Waals surface area contributed by atoms with Gasteiger partial charge in [0.05, 0.1) is 31.5 Å². The van der Waals surface area contributed by atoms with Gasteiger partial charge in [0.2, 0.25) is 11.7 Å². The van der Waals surface area contributed by atoms with Gasteiger partial charge in [-0.3, -0.25) is 9.59 Å². The Morgan fingerprint density at radius 2 is 1.81 bits per heavy atom. The molecule has 0 aliphatic carbocycles. The van der Waals surface area contributed by atoms with E-state index in [4.69, 9.17) is 14.2 Å². The zero-order chi connectivity index (χ0) is 22.5. The minimum atomic E-state index is -0.453. The van der Waals surface area contributed by atoms with E-state index in [-0.39, 0.29) is 5.91 Å². The molecule has 0 fully saturated rings. The van der Waals surface area contributed by atoms with E-state index in [0.717, 1.165) is 10.2 Å². The lowest BCUT2D eigenvalue weighted by Gasteiger charge is -2.12. The molecule has 0 bridgehead atoms. The Balaban J connectivity index is 2.12. The molecule has 1 heterocycles. The highest BCUT2D eigenvalue weighted by atomic mass is 32.1. The molecule has 9 heteroatoms. The van der Waals surface area contributed by atoms with Crippen LogP contribution in [0.15, 0.2) is 48.0 Å². The molecule has 0 aliphatic rings. The van der Waals surface area contributed by atoms with Gasteiger partial charge in [0.25, 0.3) is 5.91 Å². The Morgan fingerprint density at radius 1 is 1.13 bits per heavy atom. The highest BCUT2D eigenvalue weighted by molar-refractivity contribution is 7.16. The fourth-order valence-electron chi connectivity index (χ4n) is 3.10. The largest absolute Gasteiger partial charge is 0.493 e. The van der Waals surface area contributed by atoms with Crippen LogP contribution < -0.4 is 24.3 Å². The number of carbonyl (C=O) groups is 2. The van der Waals surface area contributed by atoms with Crippen LogP contribution in [0.2, 0.25) is 0 Å². The van der Waals surface area contributed by atoms with Gasteiger partial charge in [-0.05, 0) is 30.3 Å². The second kappa shape index (κ2) is 9.48. The van der Waals surface area contributed by atoms with E-state index >= 15 is 0 Å². The van der Waals surface area contributed by atoms with Gasteiger partial charge in [-0.25, -0.2) is 0 Å². The second-order valence-corrected chi connectivity index (χ2v) is 7.49. The lowest BCUT2D eigenvalue weighted by atomic mass is 10.1. The van der Waals surface area contributed by atoms with Gasteiger partial charge in [0, 0.05) is 24.7 Å². The Labute approximate surface area is 183 Å². The standard InChI is InChI=1S/C22H23N3O5S/c1-6-9-25-16-8-7-15(23-13(2)26)12-19(16)31-22(25)24-21(27)14-10-17(28-3)20(30-5)18(11-14)29-4/h6-8,10-12H,1,9H2,2-5H3,(H,23,26). The van der Waals surface area contributed by atoms with Gasteiger partial charge in [-0.15, -0.1) is 6.58 Å². The SMILES string of the molecule is C=CCn1c(=NC(=O)c2cc(OC)c(OC)c(OC)c2)sc2cc(NC(C)=O)ccc21. The van der Waals surface area contributed by atoms with Gasteiger partial charge >= 0.3 is 0 Å². The third-order valence-corrected chi connectivity index (χ3v) is 5.46. The van der Waals surface area contributed by atoms with Crippen LogP contribution in [0, 0.1) is 0 Å². The van der Waals surface area contributed by atoms with Crippen molar-refractivity contribution in [2.45, 2.75) is 13.5 Å². The van der Waals surface area contributed by atoms with Crippen LogP contribution >= 0.6 is 11.3 Å². The number of benzene rings is 2.